The highest BCUT2D eigenvalue weighted by atomic mass is 14.5. The first-order valence-corrected chi connectivity index (χ1v) is 8.12. The predicted molar refractivity (Wildman–Crippen MR) is 79.7 cm³/mol. The summed E-state index contributed by atoms with van der Waals surface area (Å²) in [4.78, 5) is 0. The van der Waals surface area contributed by atoms with E-state index in [0.717, 1.165) is 35.3 Å². The van der Waals surface area contributed by atoms with Gasteiger partial charge in [0.15, 0.2) is 0 Å². The van der Waals surface area contributed by atoms with Gasteiger partial charge in [-0.2, -0.15) is 0 Å². The maximum Gasteiger partial charge on any atom is 0.0314 e. The lowest BCUT2D eigenvalue weighted by atomic mass is 9.51. The summed E-state index contributed by atoms with van der Waals surface area (Å²) in [6, 6.07) is 8.52. The van der Waals surface area contributed by atoms with E-state index in [1.54, 1.807) is 32.1 Å². The van der Waals surface area contributed by atoms with E-state index in [-0.39, 0.29) is 0 Å². The van der Waals surface area contributed by atoms with Crippen molar-refractivity contribution < 1.29 is 0 Å². The molecule has 0 radical (unpaired) electrons. The molecular formula is C18H25N. The summed E-state index contributed by atoms with van der Waals surface area (Å²) in [6.45, 7) is 0. The van der Waals surface area contributed by atoms with Crippen LogP contribution in [0, 0.1) is 29.6 Å². The lowest BCUT2D eigenvalue weighted by Crippen LogP contribution is -2.45. The Hall–Kier alpha value is -0.980. The van der Waals surface area contributed by atoms with Gasteiger partial charge in [0, 0.05) is 5.69 Å². The summed E-state index contributed by atoms with van der Waals surface area (Å²) >= 11 is 0. The van der Waals surface area contributed by atoms with Gasteiger partial charge in [-0.1, -0.05) is 12.1 Å². The van der Waals surface area contributed by atoms with Gasteiger partial charge >= 0.3 is 0 Å². The van der Waals surface area contributed by atoms with Gasteiger partial charge < -0.3 is 5.73 Å². The monoisotopic (exact) mass is 255 g/mol. The first-order valence-electron chi connectivity index (χ1n) is 8.12. The average Bonchev–Trinajstić information content (AvgIpc) is 2.39. The fourth-order valence-electron chi connectivity index (χ4n) is 5.53. The molecule has 2 N–H and O–H groups in total. The van der Waals surface area contributed by atoms with Gasteiger partial charge in [0.2, 0.25) is 0 Å². The molecule has 4 bridgehead atoms. The maximum absolute atomic E-state index is 5.76. The van der Waals surface area contributed by atoms with Gasteiger partial charge in [-0.3, -0.25) is 0 Å². The molecule has 4 saturated carbocycles. The SMILES string of the molecule is Nc1ccc(CCC2C3CC4CC(C3)CC2C4)cc1. The topological polar surface area (TPSA) is 26.0 Å². The van der Waals surface area contributed by atoms with Crippen molar-refractivity contribution in [3.8, 4) is 0 Å². The molecule has 0 heterocycles. The molecule has 4 fully saturated rings. The first-order chi connectivity index (χ1) is 9.28. The van der Waals surface area contributed by atoms with Crippen LogP contribution in [-0.4, -0.2) is 0 Å². The maximum atomic E-state index is 5.76. The van der Waals surface area contributed by atoms with Gasteiger partial charge in [-0.05, 0) is 92.2 Å². The highest BCUT2D eigenvalue weighted by Crippen LogP contribution is 2.57. The Kier molecular flexibility index (Phi) is 2.82. The Morgan fingerprint density at radius 1 is 0.842 bits per heavy atom. The van der Waals surface area contributed by atoms with Crippen LogP contribution in [0.3, 0.4) is 0 Å². The molecule has 1 aromatic rings. The van der Waals surface area contributed by atoms with E-state index < -0.39 is 0 Å². The first kappa shape index (κ1) is 11.8. The molecule has 0 saturated heterocycles. The van der Waals surface area contributed by atoms with Gasteiger partial charge in [0.25, 0.3) is 0 Å². The molecule has 4 aliphatic rings. The Labute approximate surface area is 116 Å². The third-order valence-electron chi connectivity index (χ3n) is 6.17. The van der Waals surface area contributed by atoms with Crippen molar-refractivity contribution >= 4 is 5.69 Å². The minimum atomic E-state index is 0.887. The smallest absolute Gasteiger partial charge is 0.0314 e. The zero-order chi connectivity index (χ0) is 12.8. The Morgan fingerprint density at radius 3 is 2.00 bits per heavy atom. The molecular weight excluding hydrogens is 230 g/mol. The van der Waals surface area contributed by atoms with Crippen molar-refractivity contribution in [3.63, 3.8) is 0 Å². The van der Waals surface area contributed by atoms with Crippen LogP contribution in [0.4, 0.5) is 5.69 Å². The summed E-state index contributed by atoms with van der Waals surface area (Å²) in [7, 11) is 0. The number of nitrogens with two attached hydrogens (primary N) is 1. The van der Waals surface area contributed by atoms with Gasteiger partial charge in [-0.25, -0.2) is 0 Å². The second kappa shape index (κ2) is 4.54. The van der Waals surface area contributed by atoms with E-state index in [9.17, 15) is 0 Å². The van der Waals surface area contributed by atoms with E-state index in [1.165, 1.54) is 18.4 Å². The van der Waals surface area contributed by atoms with Crippen molar-refractivity contribution in [1.82, 2.24) is 0 Å². The van der Waals surface area contributed by atoms with Crippen LogP contribution in [0.25, 0.3) is 0 Å². The summed E-state index contributed by atoms with van der Waals surface area (Å²) in [5.41, 5.74) is 8.12. The number of hydrogen-bond donors (Lipinski definition) is 1. The zero-order valence-corrected chi connectivity index (χ0v) is 11.7. The normalized spacial score (nSPS) is 39.7. The van der Waals surface area contributed by atoms with Crippen LogP contribution < -0.4 is 5.73 Å². The van der Waals surface area contributed by atoms with Crippen molar-refractivity contribution in [3.05, 3.63) is 29.8 Å². The fourth-order valence-corrected chi connectivity index (χ4v) is 5.53. The molecule has 0 amide bonds. The summed E-state index contributed by atoms with van der Waals surface area (Å²) in [5, 5.41) is 0. The molecule has 102 valence electrons. The quantitative estimate of drug-likeness (QED) is 0.802. The highest BCUT2D eigenvalue weighted by molar-refractivity contribution is 5.39. The third-order valence-corrected chi connectivity index (χ3v) is 6.17. The van der Waals surface area contributed by atoms with Crippen molar-refractivity contribution in [2.45, 2.75) is 44.9 Å². The molecule has 5 rings (SSSR count). The molecule has 1 aromatic carbocycles. The van der Waals surface area contributed by atoms with Crippen LogP contribution in [-0.2, 0) is 6.42 Å². The largest absolute Gasteiger partial charge is 0.399 e. The van der Waals surface area contributed by atoms with Crippen LogP contribution in [0.15, 0.2) is 24.3 Å². The summed E-state index contributed by atoms with van der Waals surface area (Å²) < 4.78 is 0. The standard InChI is InChI=1S/C18H25N/c19-17-4-1-12(2-5-17)3-6-18-15-8-13-7-14(10-15)11-16(18)9-13/h1-2,4-5,13-16,18H,3,6-11,19H2. The Balaban J connectivity index is 1.42. The second-order valence-electron chi connectivity index (χ2n) is 7.37. The van der Waals surface area contributed by atoms with E-state index in [4.69, 9.17) is 5.73 Å². The van der Waals surface area contributed by atoms with Crippen molar-refractivity contribution in [1.29, 1.82) is 0 Å². The molecule has 0 aromatic heterocycles. The Bertz CT molecular complexity index is 419. The van der Waals surface area contributed by atoms with E-state index in [0.29, 0.717) is 0 Å². The molecule has 4 aliphatic carbocycles. The molecule has 1 nitrogen and oxygen atoms in total. The molecule has 1 heteroatoms. The van der Waals surface area contributed by atoms with Crippen LogP contribution in [0.5, 0.6) is 0 Å². The van der Waals surface area contributed by atoms with E-state index >= 15 is 0 Å². The number of anilines is 1. The summed E-state index contributed by atoms with van der Waals surface area (Å²) in [5.74, 6) is 5.39. The second-order valence-corrected chi connectivity index (χ2v) is 7.37. The number of rotatable bonds is 3. The number of nitrogen functional groups attached to an aromatic ring is 1. The minimum absolute atomic E-state index is 0.887. The number of benzene rings is 1. The third kappa shape index (κ3) is 2.17. The van der Waals surface area contributed by atoms with Crippen molar-refractivity contribution in [2.24, 2.45) is 29.6 Å². The van der Waals surface area contributed by atoms with Crippen LogP contribution >= 0.6 is 0 Å². The number of hydrogen-bond acceptors (Lipinski definition) is 1. The van der Waals surface area contributed by atoms with Gasteiger partial charge in [0.1, 0.15) is 0 Å². The van der Waals surface area contributed by atoms with E-state index in [2.05, 4.69) is 12.1 Å². The number of aryl methyl sites for hydroxylation is 1. The molecule has 0 atom stereocenters. The Morgan fingerprint density at radius 2 is 1.42 bits per heavy atom. The van der Waals surface area contributed by atoms with E-state index in [1.807, 2.05) is 12.1 Å². The van der Waals surface area contributed by atoms with Gasteiger partial charge in [-0.15, -0.1) is 0 Å². The average molecular weight is 255 g/mol. The molecule has 0 unspecified atom stereocenters. The zero-order valence-electron chi connectivity index (χ0n) is 11.7. The molecule has 19 heavy (non-hydrogen) atoms. The highest BCUT2D eigenvalue weighted by Gasteiger charge is 2.47. The van der Waals surface area contributed by atoms with Crippen LogP contribution in [0.2, 0.25) is 0 Å². The lowest BCUT2D eigenvalue weighted by molar-refractivity contribution is -0.0394. The van der Waals surface area contributed by atoms with Crippen LogP contribution in [0.1, 0.15) is 44.1 Å². The molecule has 0 aliphatic heterocycles. The van der Waals surface area contributed by atoms with Gasteiger partial charge in [0.05, 0.1) is 0 Å². The lowest BCUT2D eigenvalue weighted by Gasteiger charge is -2.54. The fraction of sp³-hybridized carbons (Fsp3) is 0.667. The van der Waals surface area contributed by atoms with Crippen molar-refractivity contribution in [2.75, 3.05) is 5.73 Å². The summed E-state index contributed by atoms with van der Waals surface area (Å²) in [6.07, 6.45) is 10.5. The predicted octanol–water partition coefficient (Wildman–Crippen LogP) is 4.27. The minimum Gasteiger partial charge on any atom is -0.399 e. The molecule has 0 spiro atoms.